The van der Waals surface area contributed by atoms with Crippen molar-refractivity contribution in [1.29, 1.82) is 0 Å². The molecule has 1 N–H and O–H groups in total. The monoisotopic (exact) mass is 433 g/mol. The summed E-state index contributed by atoms with van der Waals surface area (Å²) in [6, 6.07) is 8.60. The smallest absolute Gasteiger partial charge is 0.406 e. The number of sulfonamides is 1. The van der Waals surface area contributed by atoms with Crippen LogP contribution in [0.25, 0.3) is 5.52 Å². The summed E-state index contributed by atoms with van der Waals surface area (Å²) in [6.07, 6.45) is -4.86. The number of aromatic nitrogens is 2. The second kappa shape index (κ2) is 7.17. The number of rotatable bonds is 5. The van der Waals surface area contributed by atoms with Crippen LogP contribution in [0.3, 0.4) is 0 Å². The normalized spacial score (nSPS) is 12.5. The summed E-state index contributed by atoms with van der Waals surface area (Å²) in [6.45, 7) is 3.87. The van der Waals surface area contributed by atoms with Crippen molar-refractivity contribution in [2.75, 3.05) is 4.72 Å². The molecule has 2 aromatic heterocycles. The fraction of sp³-hybridized carbons (Fsp3) is 0.235. The quantitative estimate of drug-likeness (QED) is 0.626. The molecule has 2 heterocycles. The molecule has 0 aliphatic carbocycles. The fourth-order valence-corrected chi connectivity index (χ4v) is 3.68. The maximum Gasteiger partial charge on any atom is 0.573 e. The van der Waals surface area contributed by atoms with Crippen molar-refractivity contribution in [2.45, 2.75) is 31.0 Å². The molecule has 3 aromatic rings. The Morgan fingerprint density at radius 3 is 2.36 bits per heavy atom. The molecule has 0 saturated carbocycles. The molecule has 0 fully saturated rings. The van der Waals surface area contributed by atoms with Crippen LogP contribution in [0.4, 0.5) is 19.0 Å². The number of benzene rings is 1. The van der Waals surface area contributed by atoms with E-state index in [0.717, 1.165) is 30.0 Å². The molecule has 0 amide bonds. The molecule has 0 unspecified atom stereocenters. The minimum Gasteiger partial charge on any atom is -0.406 e. The SMILES string of the molecule is CC(C)c1cc2c(Cl)ccc(NS(=O)(=O)c3ccc(OC(F)(F)F)cc3)n2n1. The van der Waals surface area contributed by atoms with E-state index in [0.29, 0.717) is 10.5 Å². The zero-order valence-corrected chi connectivity index (χ0v) is 16.2. The zero-order valence-electron chi connectivity index (χ0n) is 14.7. The van der Waals surface area contributed by atoms with Crippen LogP contribution in [0.2, 0.25) is 5.02 Å². The van der Waals surface area contributed by atoms with Gasteiger partial charge in [0.15, 0.2) is 0 Å². The Morgan fingerprint density at radius 2 is 1.79 bits per heavy atom. The molecule has 0 atom stereocenters. The summed E-state index contributed by atoms with van der Waals surface area (Å²) in [5, 5.41) is 4.76. The molecular weight excluding hydrogens is 419 g/mol. The van der Waals surface area contributed by atoms with Crippen molar-refractivity contribution in [3.8, 4) is 5.75 Å². The molecule has 3 rings (SSSR count). The van der Waals surface area contributed by atoms with Gasteiger partial charge in [0.1, 0.15) is 11.6 Å². The van der Waals surface area contributed by atoms with Crippen molar-refractivity contribution >= 4 is 33.0 Å². The van der Waals surface area contributed by atoms with Crippen LogP contribution >= 0.6 is 11.6 Å². The van der Waals surface area contributed by atoms with Crippen LogP contribution in [0.1, 0.15) is 25.5 Å². The van der Waals surface area contributed by atoms with E-state index in [1.807, 2.05) is 13.8 Å². The summed E-state index contributed by atoms with van der Waals surface area (Å²) in [5.74, 6) is -0.280. The average molecular weight is 434 g/mol. The molecule has 28 heavy (non-hydrogen) atoms. The third-order valence-electron chi connectivity index (χ3n) is 3.79. The van der Waals surface area contributed by atoms with Crippen molar-refractivity contribution in [1.82, 2.24) is 9.61 Å². The summed E-state index contributed by atoms with van der Waals surface area (Å²) in [4.78, 5) is -0.235. The van der Waals surface area contributed by atoms with Gasteiger partial charge >= 0.3 is 6.36 Å². The number of anilines is 1. The number of nitrogens with zero attached hydrogens (tertiary/aromatic N) is 2. The van der Waals surface area contributed by atoms with E-state index in [9.17, 15) is 21.6 Å². The number of alkyl halides is 3. The third kappa shape index (κ3) is 4.33. The van der Waals surface area contributed by atoms with E-state index < -0.39 is 22.1 Å². The summed E-state index contributed by atoms with van der Waals surface area (Å²) >= 11 is 6.16. The molecule has 1 aromatic carbocycles. The van der Waals surface area contributed by atoms with Crippen molar-refractivity contribution < 1.29 is 26.3 Å². The molecule has 0 spiro atoms. The van der Waals surface area contributed by atoms with Gasteiger partial charge in [0.2, 0.25) is 0 Å². The molecule has 0 saturated heterocycles. The van der Waals surface area contributed by atoms with Gasteiger partial charge in [-0.15, -0.1) is 13.2 Å². The van der Waals surface area contributed by atoms with E-state index in [4.69, 9.17) is 11.6 Å². The van der Waals surface area contributed by atoms with E-state index in [1.54, 1.807) is 6.07 Å². The lowest BCUT2D eigenvalue weighted by Gasteiger charge is -2.12. The van der Waals surface area contributed by atoms with Gasteiger partial charge in [0, 0.05) is 0 Å². The maximum absolute atomic E-state index is 12.6. The first-order chi connectivity index (χ1) is 13.0. The molecule has 11 heteroatoms. The summed E-state index contributed by atoms with van der Waals surface area (Å²) in [7, 11) is -4.08. The summed E-state index contributed by atoms with van der Waals surface area (Å²) in [5.41, 5.74) is 1.25. The third-order valence-corrected chi connectivity index (χ3v) is 5.48. The lowest BCUT2D eigenvalue weighted by Crippen LogP contribution is -2.18. The predicted molar refractivity (Wildman–Crippen MR) is 98.2 cm³/mol. The first-order valence-corrected chi connectivity index (χ1v) is 9.89. The number of hydrogen-bond acceptors (Lipinski definition) is 4. The second-order valence-electron chi connectivity index (χ2n) is 6.21. The van der Waals surface area contributed by atoms with E-state index >= 15 is 0 Å². The topological polar surface area (TPSA) is 72.7 Å². The van der Waals surface area contributed by atoms with Crippen molar-refractivity contribution in [2.24, 2.45) is 0 Å². The van der Waals surface area contributed by atoms with E-state index in [1.165, 1.54) is 16.6 Å². The highest BCUT2D eigenvalue weighted by molar-refractivity contribution is 7.92. The van der Waals surface area contributed by atoms with Gasteiger partial charge in [0.05, 0.1) is 21.1 Å². The van der Waals surface area contributed by atoms with Crippen molar-refractivity contribution in [3.05, 3.63) is 53.2 Å². The van der Waals surface area contributed by atoms with Gasteiger partial charge in [-0.2, -0.15) is 5.10 Å². The van der Waals surface area contributed by atoms with Crippen LogP contribution in [0.5, 0.6) is 5.75 Å². The van der Waals surface area contributed by atoms with Gasteiger partial charge in [0.25, 0.3) is 10.0 Å². The largest absolute Gasteiger partial charge is 0.573 e. The van der Waals surface area contributed by atoms with Crippen LogP contribution in [0.15, 0.2) is 47.4 Å². The average Bonchev–Trinajstić information content (AvgIpc) is 3.03. The highest BCUT2D eigenvalue weighted by atomic mass is 35.5. The minimum absolute atomic E-state index is 0.0987. The number of ether oxygens (including phenoxy) is 1. The highest BCUT2D eigenvalue weighted by Gasteiger charge is 2.31. The Bertz CT molecular complexity index is 1110. The highest BCUT2D eigenvalue weighted by Crippen LogP contribution is 2.28. The van der Waals surface area contributed by atoms with Gasteiger partial charge in [-0.3, -0.25) is 4.72 Å². The predicted octanol–water partition coefficient (Wildman–Crippen LogP) is 4.81. The molecular formula is C17H15ClF3N3O3S. The number of halogens is 4. The molecule has 150 valence electrons. The van der Waals surface area contributed by atoms with Gasteiger partial charge in [-0.05, 0) is 48.4 Å². The molecule has 0 radical (unpaired) electrons. The Labute approximate surface area is 163 Å². The Morgan fingerprint density at radius 1 is 1.14 bits per heavy atom. The van der Waals surface area contributed by atoms with E-state index in [2.05, 4.69) is 14.6 Å². The van der Waals surface area contributed by atoms with Gasteiger partial charge < -0.3 is 4.74 Å². The summed E-state index contributed by atoms with van der Waals surface area (Å²) < 4.78 is 69.4. The van der Waals surface area contributed by atoms with Crippen LogP contribution < -0.4 is 9.46 Å². The molecule has 0 bridgehead atoms. The standard InChI is InChI=1S/C17H15ClF3N3O3S/c1-10(2)14-9-15-13(18)7-8-16(24(15)22-14)23-28(25,26)12-5-3-11(4-6-12)27-17(19,20)21/h3-10,23H,1-2H3. The number of fused-ring (bicyclic) bond motifs is 1. The van der Waals surface area contributed by atoms with Gasteiger partial charge in [-0.25, -0.2) is 12.9 Å². The number of pyridine rings is 1. The zero-order chi connectivity index (χ0) is 20.7. The number of nitrogens with one attached hydrogen (secondary N) is 1. The lowest BCUT2D eigenvalue weighted by molar-refractivity contribution is -0.274. The van der Waals surface area contributed by atoms with Crippen LogP contribution in [-0.2, 0) is 10.0 Å². The van der Waals surface area contributed by atoms with Crippen LogP contribution in [-0.4, -0.2) is 24.4 Å². The number of hydrogen-bond donors (Lipinski definition) is 1. The second-order valence-corrected chi connectivity index (χ2v) is 8.30. The van der Waals surface area contributed by atoms with E-state index in [-0.39, 0.29) is 16.6 Å². The minimum atomic E-state index is -4.86. The molecule has 0 aliphatic rings. The molecule has 0 aliphatic heterocycles. The fourth-order valence-electron chi connectivity index (χ4n) is 2.44. The molecule has 6 nitrogen and oxygen atoms in total. The lowest BCUT2D eigenvalue weighted by atomic mass is 10.1. The Balaban J connectivity index is 1.93. The van der Waals surface area contributed by atoms with Crippen LogP contribution in [0, 0.1) is 0 Å². The first-order valence-electron chi connectivity index (χ1n) is 8.03. The first kappa shape index (κ1) is 20.3. The van der Waals surface area contributed by atoms with Crippen molar-refractivity contribution in [3.63, 3.8) is 0 Å². The Hall–Kier alpha value is -2.46. The Kier molecular flexibility index (Phi) is 5.20. The maximum atomic E-state index is 12.6. The van der Waals surface area contributed by atoms with Gasteiger partial charge in [-0.1, -0.05) is 25.4 Å².